The second-order valence-corrected chi connectivity index (χ2v) is 9.68. The Hall–Kier alpha value is -1.61. The van der Waals surface area contributed by atoms with Crippen LogP contribution < -0.4 is 5.32 Å². The van der Waals surface area contributed by atoms with Gasteiger partial charge in [0, 0.05) is 29.0 Å². The number of rotatable bonds is 4. The molecule has 152 valence electrons. The van der Waals surface area contributed by atoms with Gasteiger partial charge in [-0.3, -0.25) is 4.90 Å². The molecule has 1 unspecified atom stereocenters. The molecule has 0 amide bonds. The van der Waals surface area contributed by atoms with Gasteiger partial charge >= 0.3 is 0 Å². The smallest absolute Gasteiger partial charge is 0.147 e. The highest BCUT2D eigenvalue weighted by Gasteiger charge is 2.27. The van der Waals surface area contributed by atoms with E-state index < -0.39 is 0 Å². The van der Waals surface area contributed by atoms with Gasteiger partial charge in [-0.2, -0.15) is 0 Å². The van der Waals surface area contributed by atoms with Crippen molar-refractivity contribution in [3.63, 3.8) is 0 Å². The van der Waals surface area contributed by atoms with Gasteiger partial charge < -0.3 is 10.1 Å². The van der Waals surface area contributed by atoms with E-state index in [1.165, 1.54) is 16.5 Å². The highest BCUT2D eigenvalue weighted by molar-refractivity contribution is 9.10. The molecular weight excluding hydrogens is 455 g/mol. The van der Waals surface area contributed by atoms with Crippen molar-refractivity contribution in [3.8, 4) is 0 Å². The fourth-order valence-corrected chi connectivity index (χ4v) is 5.93. The molecule has 1 aromatic carbocycles. The number of benzene rings is 1. The van der Waals surface area contributed by atoms with Crippen LogP contribution in [0, 0.1) is 11.7 Å². The summed E-state index contributed by atoms with van der Waals surface area (Å²) in [5.41, 5.74) is 1.76. The number of anilines is 2. The molecule has 1 N–H and O–H groups in total. The molecule has 29 heavy (non-hydrogen) atoms. The van der Waals surface area contributed by atoms with Crippen LogP contribution >= 0.6 is 27.3 Å². The first-order valence-corrected chi connectivity index (χ1v) is 11.6. The topological polar surface area (TPSA) is 50.3 Å². The monoisotopic (exact) mass is 476 g/mol. The van der Waals surface area contributed by atoms with Crippen LogP contribution in [0.1, 0.15) is 16.9 Å². The van der Waals surface area contributed by atoms with Gasteiger partial charge in [0.25, 0.3) is 0 Å². The van der Waals surface area contributed by atoms with Crippen LogP contribution in [0.4, 0.5) is 15.9 Å². The molecule has 5 nitrogen and oxygen atoms in total. The second kappa shape index (κ2) is 8.26. The molecule has 2 aliphatic rings. The summed E-state index contributed by atoms with van der Waals surface area (Å²) < 4.78 is 20.5. The van der Waals surface area contributed by atoms with Crippen LogP contribution in [0.5, 0.6) is 0 Å². The second-order valence-electron chi connectivity index (χ2n) is 7.68. The predicted molar refractivity (Wildman–Crippen MR) is 118 cm³/mol. The van der Waals surface area contributed by atoms with Crippen molar-refractivity contribution in [3.05, 3.63) is 45.3 Å². The molecule has 0 spiro atoms. The third kappa shape index (κ3) is 4.03. The van der Waals surface area contributed by atoms with E-state index in [1.807, 2.05) is 6.07 Å². The van der Waals surface area contributed by atoms with Gasteiger partial charge in [-0.15, -0.1) is 11.3 Å². The Bertz CT molecular complexity index is 1040. The van der Waals surface area contributed by atoms with Crippen molar-refractivity contribution >= 4 is 49.0 Å². The molecule has 8 heteroatoms. The lowest BCUT2D eigenvalue weighted by Crippen LogP contribution is -2.40. The third-order valence-electron chi connectivity index (χ3n) is 5.75. The summed E-state index contributed by atoms with van der Waals surface area (Å²) in [6.07, 6.45) is 4.83. The highest BCUT2D eigenvalue weighted by Crippen LogP contribution is 2.40. The Balaban J connectivity index is 1.41. The zero-order chi connectivity index (χ0) is 19.8. The van der Waals surface area contributed by atoms with Gasteiger partial charge in [-0.25, -0.2) is 14.4 Å². The summed E-state index contributed by atoms with van der Waals surface area (Å²) in [5, 5.41) is 4.25. The number of halogens is 2. The van der Waals surface area contributed by atoms with Gasteiger partial charge in [0.1, 0.15) is 22.8 Å². The fraction of sp³-hybridized carbons (Fsp3) is 0.429. The maximum Gasteiger partial charge on any atom is 0.147 e. The molecule has 1 saturated heterocycles. The van der Waals surface area contributed by atoms with Gasteiger partial charge in [0.2, 0.25) is 0 Å². The fourth-order valence-electron chi connectivity index (χ4n) is 4.30. The number of nitrogens with zero attached hydrogens (tertiary/aromatic N) is 3. The van der Waals surface area contributed by atoms with E-state index in [0.29, 0.717) is 21.9 Å². The van der Waals surface area contributed by atoms with Crippen LogP contribution in [0.15, 0.2) is 29.0 Å². The Labute approximate surface area is 181 Å². The summed E-state index contributed by atoms with van der Waals surface area (Å²) in [4.78, 5) is 13.9. The van der Waals surface area contributed by atoms with Crippen molar-refractivity contribution in [1.29, 1.82) is 0 Å². The lowest BCUT2D eigenvalue weighted by atomic mass is 9.87. The Morgan fingerprint density at radius 3 is 2.97 bits per heavy atom. The lowest BCUT2D eigenvalue weighted by molar-refractivity contribution is 0.0297. The van der Waals surface area contributed by atoms with Crippen molar-refractivity contribution < 1.29 is 9.13 Å². The number of fused-ring (bicyclic) bond motifs is 3. The summed E-state index contributed by atoms with van der Waals surface area (Å²) in [6.45, 7) is 4.90. The van der Waals surface area contributed by atoms with E-state index in [2.05, 4.69) is 36.1 Å². The summed E-state index contributed by atoms with van der Waals surface area (Å²) in [6, 6.07) is 5.01. The highest BCUT2D eigenvalue weighted by atomic mass is 79.9. The lowest BCUT2D eigenvalue weighted by Gasteiger charge is -2.32. The molecule has 1 aliphatic carbocycles. The number of ether oxygens (including phenoxy) is 1. The normalized spacial score (nSPS) is 20.0. The van der Waals surface area contributed by atoms with Crippen LogP contribution in [-0.2, 0) is 17.6 Å². The molecule has 3 aromatic rings. The number of aryl methyl sites for hydroxylation is 1. The summed E-state index contributed by atoms with van der Waals surface area (Å²) in [5.74, 6) is 1.06. The molecule has 1 atom stereocenters. The number of morpholine rings is 1. The Kier molecular flexibility index (Phi) is 5.51. The molecule has 0 bridgehead atoms. The first-order chi connectivity index (χ1) is 14.2. The molecule has 5 rings (SSSR count). The van der Waals surface area contributed by atoms with Crippen molar-refractivity contribution in [2.45, 2.75) is 19.3 Å². The molecule has 0 saturated carbocycles. The Morgan fingerprint density at radius 1 is 1.28 bits per heavy atom. The quantitative estimate of drug-likeness (QED) is 0.587. The Morgan fingerprint density at radius 2 is 2.14 bits per heavy atom. The number of thiophene rings is 1. The van der Waals surface area contributed by atoms with E-state index in [1.54, 1.807) is 23.7 Å². The molecule has 2 aromatic heterocycles. The van der Waals surface area contributed by atoms with E-state index in [4.69, 9.17) is 4.74 Å². The summed E-state index contributed by atoms with van der Waals surface area (Å²) >= 11 is 5.06. The zero-order valence-electron chi connectivity index (χ0n) is 16.0. The predicted octanol–water partition coefficient (Wildman–Crippen LogP) is 4.77. The van der Waals surface area contributed by atoms with Crippen LogP contribution in [0.3, 0.4) is 0 Å². The standard InChI is InChI=1S/C21H22BrFN4OS/c22-14-2-4-17(16(23)10-14)26-20-19-15-3-1-13(11-27-5-7-28-8-6-27)9-18(15)29-21(19)25-12-24-20/h2,4,10,12-13H,1,3,5-9,11H2,(H,24,25,26). The average molecular weight is 477 g/mol. The number of aromatic nitrogens is 2. The van der Waals surface area contributed by atoms with Crippen LogP contribution in [0.2, 0.25) is 0 Å². The number of hydrogen-bond acceptors (Lipinski definition) is 6. The maximum atomic E-state index is 14.3. The molecule has 0 radical (unpaired) electrons. The van der Waals surface area contributed by atoms with Crippen LogP contribution in [-0.4, -0.2) is 47.7 Å². The van der Waals surface area contributed by atoms with Gasteiger partial charge in [0.15, 0.2) is 0 Å². The number of nitrogens with one attached hydrogen (secondary N) is 1. The molecule has 1 fully saturated rings. The van der Waals surface area contributed by atoms with E-state index in [-0.39, 0.29) is 5.82 Å². The van der Waals surface area contributed by atoms with Gasteiger partial charge in [0.05, 0.1) is 24.3 Å². The van der Waals surface area contributed by atoms with Crippen molar-refractivity contribution in [2.75, 3.05) is 38.2 Å². The minimum absolute atomic E-state index is 0.305. The molecule has 1 aliphatic heterocycles. The summed E-state index contributed by atoms with van der Waals surface area (Å²) in [7, 11) is 0. The average Bonchev–Trinajstić information content (AvgIpc) is 3.09. The first kappa shape index (κ1) is 19.4. The van der Waals surface area contributed by atoms with Gasteiger partial charge in [-0.1, -0.05) is 15.9 Å². The van der Waals surface area contributed by atoms with E-state index in [0.717, 1.165) is 62.3 Å². The van der Waals surface area contributed by atoms with E-state index in [9.17, 15) is 4.39 Å². The van der Waals surface area contributed by atoms with Crippen molar-refractivity contribution in [2.24, 2.45) is 5.92 Å². The first-order valence-electron chi connectivity index (χ1n) is 9.95. The SMILES string of the molecule is Fc1cc(Br)ccc1Nc1ncnc2sc3c(c12)CCC(CN1CCOCC1)C3. The minimum atomic E-state index is -0.305. The van der Waals surface area contributed by atoms with Gasteiger partial charge in [-0.05, 0) is 48.9 Å². The molecule has 3 heterocycles. The van der Waals surface area contributed by atoms with E-state index >= 15 is 0 Å². The maximum absolute atomic E-state index is 14.3. The van der Waals surface area contributed by atoms with Crippen LogP contribution in [0.25, 0.3) is 10.2 Å². The zero-order valence-corrected chi connectivity index (χ0v) is 18.4. The molecular formula is C21H22BrFN4OS. The minimum Gasteiger partial charge on any atom is -0.379 e. The third-order valence-corrected chi connectivity index (χ3v) is 7.41. The number of hydrogen-bond donors (Lipinski definition) is 1. The largest absolute Gasteiger partial charge is 0.379 e. The van der Waals surface area contributed by atoms with Crippen molar-refractivity contribution in [1.82, 2.24) is 14.9 Å².